The van der Waals surface area contributed by atoms with Gasteiger partial charge >= 0.3 is 0 Å². The molecule has 2 heterocycles. The first kappa shape index (κ1) is 17.5. The Labute approximate surface area is 148 Å². The van der Waals surface area contributed by atoms with E-state index in [9.17, 15) is 9.42 Å². The summed E-state index contributed by atoms with van der Waals surface area (Å²) in [6, 6.07) is 4.99. The Morgan fingerprint density at radius 2 is 2.00 bits per heavy atom. The van der Waals surface area contributed by atoms with Crippen LogP contribution in [0.2, 0.25) is 0 Å². The van der Waals surface area contributed by atoms with Crippen LogP contribution in [0, 0.1) is 19.1 Å². The van der Waals surface area contributed by atoms with E-state index >= 15 is 0 Å². The topological polar surface area (TPSA) is 88.3 Å². The Balaban J connectivity index is 1.88. The summed E-state index contributed by atoms with van der Waals surface area (Å²) in [4.78, 5) is 8.60. The molecule has 0 fully saturated rings. The molecule has 25 heavy (non-hydrogen) atoms. The van der Waals surface area contributed by atoms with Crippen molar-refractivity contribution in [3.05, 3.63) is 46.4 Å². The zero-order chi connectivity index (χ0) is 18.1. The van der Waals surface area contributed by atoms with Crippen LogP contribution in [0.3, 0.4) is 0 Å². The molecule has 2 aromatic rings. The fourth-order valence-electron chi connectivity index (χ4n) is 2.76. The molecule has 0 amide bonds. The number of fused-ring (bicyclic) bond motifs is 1. The highest BCUT2D eigenvalue weighted by molar-refractivity contribution is 7.99. The molecule has 132 valence electrons. The summed E-state index contributed by atoms with van der Waals surface area (Å²) in [5.74, 6) is 1.43. The summed E-state index contributed by atoms with van der Waals surface area (Å²) >= 11 is 0. The van der Waals surface area contributed by atoms with E-state index in [0.29, 0.717) is 22.8 Å². The third-order valence-corrected chi connectivity index (χ3v) is 5.34. The summed E-state index contributed by atoms with van der Waals surface area (Å²) in [5, 5.41) is 12.2. The fourth-order valence-corrected chi connectivity index (χ4v) is 3.95. The minimum atomic E-state index is -1.60. The second-order valence-corrected chi connectivity index (χ2v) is 7.03. The number of hydrogen-bond donors (Lipinski definition) is 1. The first-order chi connectivity index (χ1) is 12.0. The lowest BCUT2D eigenvalue weighted by Crippen LogP contribution is -3.04. The quantitative estimate of drug-likeness (QED) is 0.837. The first-order valence-electron chi connectivity index (χ1n) is 7.65. The van der Waals surface area contributed by atoms with Gasteiger partial charge in [-0.05, 0) is 19.9 Å². The molecule has 0 saturated heterocycles. The highest BCUT2D eigenvalue weighted by Crippen LogP contribution is 2.31. The Morgan fingerprint density at radius 3 is 2.68 bits per heavy atom. The van der Waals surface area contributed by atoms with Gasteiger partial charge in [-0.3, -0.25) is 10.0 Å². The summed E-state index contributed by atoms with van der Waals surface area (Å²) in [6.07, 6.45) is 1.68. The molecule has 0 spiro atoms. The number of rotatable bonds is 4. The van der Waals surface area contributed by atoms with Crippen molar-refractivity contribution in [1.82, 2.24) is 4.98 Å². The van der Waals surface area contributed by atoms with Gasteiger partial charge < -0.3 is 14.7 Å². The van der Waals surface area contributed by atoms with Gasteiger partial charge in [0, 0.05) is 29.5 Å². The monoisotopic (exact) mass is 361 g/mol. The molecule has 1 aromatic heterocycles. The van der Waals surface area contributed by atoms with Crippen LogP contribution >= 0.6 is 0 Å². The molecule has 8 heteroatoms. The van der Waals surface area contributed by atoms with Gasteiger partial charge in [-0.15, -0.1) is 0 Å². The van der Waals surface area contributed by atoms with E-state index in [1.54, 1.807) is 38.6 Å². The third-order valence-electron chi connectivity index (χ3n) is 4.10. The Bertz CT molecular complexity index is 882. The van der Waals surface area contributed by atoms with Crippen molar-refractivity contribution >= 4 is 27.3 Å². The normalized spacial score (nSPS) is 17.0. The van der Waals surface area contributed by atoms with Crippen LogP contribution in [0.5, 0.6) is 11.5 Å². The standard InChI is InChI=1S/C17H19N3O4S/c1-10-8-18-14(11(2)16(10)24-4)9-25(22)17-19-13-7-12(23-3)5-6-15(13)20(17)21/h5-8,20H,9H2,1-4H3/t25-/m0/s1. The Morgan fingerprint density at radius 1 is 1.24 bits per heavy atom. The average molecular weight is 361 g/mol. The van der Waals surface area contributed by atoms with Crippen molar-refractivity contribution in [1.29, 1.82) is 0 Å². The van der Waals surface area contributed by atoms with Crippen molar-refractivity contribution in [3.8, 4) is 11.5 Å². The van der Waals surface area contributed by atoms with Crippen LogP contribution in [-0.4, -0.2) is 28.6 Å². The van der Waals surface area contributed by atoms with E-state index < -0.39 is 10.8 Å². The number of nitrogens with zero attached hydrogens (tertiary/aromatic N) is 2. The number of pyridine rings is 1. The van der Waals surface area contributed by atoms with Crippen molar-refractivity contribution in [3.63, 3.8) is 0 Å². The number of hydrogen-bond acceptors (Lipinski definition) is 6. The number of ether oxygens (including phenoxy) is 2. The SMILES string of the molecule is COc1ccc2c(c1)N=C([S@@](=O)Cc1ncc(C)c(OC)c1C)[NH+]2[O-]. The molecule has 1 aliphatic heterocycles. The highest BCUT2D eigenvalue weighted by atomic mass is 32.2. The largest absolute Gasteiger partial charge is 0.622 e. The maximum Gasteiger partial charge on any atom is 0.299 e. The van der Waals surface area contributed by atoms with Crippen LogP contribution in [-0.2, 0) is 16.6 Å². The van der Waals surface area contributed by atoms with E-state index in [-0.39, 0.29) is 16.0 Å². The minimum Gasteiger partial charge on any atom is -0.622 e. The van der Waals surface area contributed by atoms with Gasteiger partial charge in [0.2, 0.25) is 0 Å². The van der Waals surface area contributed by atoms with Gasteiger partial charge in [-0.25, -0.2) is 4.21 Å². The van der Waals surface area contributed by atoms with E-state index in [1.807, 2.05) is 13.8 Å². The lowest BCUT2D eigenvalue weighted by Gasteiger charge is -2.17. The summed E-state index contributed by atoms with van der Waals surface area (Å²) in [7, 11) is 1.53. The summed E-state index contributed by atoms with van der Waals surface area (Å²) < 4.78 is 23.2. The second-order valence-electron chi connectivity index (χ2n) is 5.67. The fraction of sp³-hybridized carbons (Fsp3) is 0.294. The van der Waals surface area contributed by atoms with Crippen LogP contribution < -0.4 is 14.5 Å². The van der Waals surface area contributed by atoms with E-state index in [2.05, 4.69) is 9.98 Å². The summed E-state index contributed by atoms with van der Waals surface area (Å²) in [5.41, 5.74) is 3.28. The molecular weight excluding hydrogens is 342 g/mol. The number of aryl methyl sites for hydroxylation is 1. The molecule has 2 atom stereocenters. The average Bonchev–Trinajstić information content (AvgIpc) is 2.94. The second kappa shape index (κ2) is 6.91. The predicted octanol–water partition coefficient (Wildman–Crippen LogP) is 1.68. The molecule has 3 rings (SSSR count). The first-order valence-corrected chi connectivity index (χ1v) is 8.97. The third kappa shape index (κ3) is 3.15. The highest BCUT2D eigenvalue weighted by Gasteiger charge is 2.30. The molecule has 0 radical (unpaired) electrons. The van der Waals surface area contributed by atoms with E-state index in [0.717, 1.165) is 16.9 Å². The van der Waals surface area contributed by atoms with E-state index in [4.69, 9.17) is 9.47 Å². The number of aliphatic imine (C=N–C) groups is 1. The van der Waals surface area contributed by atoms with Crippen molar-refractivity contribution in [2.24, 2.45) is 4.99 Å². The molecule has 0 aliphatic carbocycles. The number of nitrogens with one attached hydrogen (secondary N) is 1. The molecule has 1 N–H and O–H groups in total. The van der Waals surface area contributed by atoms with Gasteiger partial charge in [-0.1, -0.05) is 0 Å². The Kier molecular flexibility index (Phi) is 4.85. The smallest absolute Gasteiger partial charge is 0.299 e. The van der Waals surface area contributed by atoms with Crippen molar-refractivity contribution in [2.75, 3.05) is 14.2 Å². The predicted molar refractivity (Wildman–Crippen MR) is 96.2 cm³/mol. The molecule has 0 bridgehead atoms. The molecule has 1 unspecified atom stereocenters. The molecule has 1 aliphatic rings. The molecule has 7 nitrogen and oxygen atoms in total. The number of methoxy groups -OCH3 is 2. The summed E-state index contributed by atoms with van der Waals surface area (Å²) in [6.45, 7) is 3.76. The van der Waals surface area contributed by atoms with Crippen LogP contribution in [0.1, 0.15) is 16.8 Å². The Hall–Kier alpha value is -2.29. The minimum absolute atomic E-state index is 0.0454. The maximum atomic E-state index is 12.7. The molecule has 1 aromatic carbocycles. The van der Waals surface area contributed by atoms with Crippen molar-refractivity contribution in [2.45, 2.75) is 19.6 Å². The number of quaternary nitrogens is 1. The maximum absolute atomic E-state index is 12.7. The van der Waals surface area contributed by atoms with Crippen LogP contribution in [0.15, 0.2) is 29.4 Å². The lowest BCUT2D eigenvalue weighted by atomic mass is 10.1. The van der Waals surface area contributed by atoms with Gasteiger partial charge in [0.05, 0.1) is 25.7 Å². The molecular formula is C17H19N3O4S. The van der Waals surface area contributed by atoms with Crippen LogP contribution in [0.4, 0.5) is 11.4 Å². The van der Waals surface area contributed by atoms with Gasteiger partial charge in [0.25, 0.3) is 5.17 Å². The van der Waals surface area contributed by atoms with Crippen molar-refractivity contribution < 1.29 is 18.7 Å². The van der Waals surface area contributed by atoms with Gasteiger partial charge in [-0.2, -0.15) is 4.99 Å². The zero-order valence-corrected chi connectivity index (χ0v) is 15.3. The number of benzene rings is 1. The number of aromatic nitrogens is 1. The molecule has 0 saturated carbocycles. The zero-order valence-electron chi connectivity index (χ0n) is 14.5. The number of amidine groups is 1. The van der Waals surface area contributed by atoms with E-state index in [1.165, 1.54) is 0 Å². The van der Waals surface area contributed by atoms with Gasteiger partial charge in [0.15, 0.2) is 5.69 Å². The van der Waals surface area contributed by atoms with Crippen LogP contribution in [0.25, 0.3) is 0 Å². The number of hydroxylamine groups is 1. The lowest BCUT2D eigenvalue weighted by molar-refractivity contribution is -0.659. The van der Waals surface area contributed by atoms with Gasteiger partial charge in [0.1, 0.15) is 28.0 Å².